The van der Waals surface area contributed by atoms with E-state index in [-0.39, 0.29) is 5.75 Å². The number of fused-ring (bicyclic) bond motifs is 1. The lowest BCUT2D eigenvalue weighted by Gasteiger charge is -2.21. The lowest BCUT2D eigenvalue weighted by Crippen LogP contribution is -2.25. The Morgan fingerprint density at radius 3 is 2.76 bits per heavy atom. The molecule has 2 aromatic carbocycles. The Hall–Kier alpha value is -3.25. The summed E-state index contributed by atoms with van der Waals surface area (Å²) in [7, 11) is 3.31. The van der Waals surface area contributed by atoms with Gasteiger partial charge in [0.25, 0.3) is 0 Å². The van der Waals surface area contributed by atoms with E-state index in [1.807, 2.05) is 30.3 Å². The van der Waals surface area contributed by atoms with Crippen LogP contribution in [0, 0.1) is 0 Å². The number of hydrogen-bond donors (Lipinski definition) is 1. The summed E-state index contributed by atoms with van der Waals surface area (Å²) in [6, 6.07) is 13.5. The number of ether oxygens (including phenoxy) is 3. The molecule has 1 aromatic heterocycles. The third kappa shape index (κ3) is 4.12. The first-order chi connectivity index (χ1) is 14.2. The highest BCUT2D eigenvalue weighted by atomic mass is 16.5. The van der Waals surface area contributed by atoms with Crippen LogP contribution in [-0.4, -0.2) is 42.4 Å². The SMILES string of the molecule is COc1ccc(CN2CCOc3c(O)cc(-c4cccnc4)cc3C2)c(OC)c1. The van der Waals surface area contributed by atoms with Gasteiger partial charge in [-0.25, -0.2) is 0 Å². The van der Waals surface area contributed by atoms with Gasteiger partial charge >= 0.3 is 0 Å². The number of benzene rings is 2. The third-order valence-corrected chi connectivity index (χ3v) is 5.08. The number of phenols is 1. The van der Waals surface area contributed by atoms with E-state index in [1.54, 1.807) is 32.7 Å². The van der Waals surface area contributed by atoms with Crippen LogP contribution in [0.3, 0.4) is 0 Å². The van der Waals surface area contributed by atoms with Crippen LogP contribution in [0.4, 0.5) is 0 Å². The normalized spacial score (nSPS) is 13.9. The molecule has 1 aliphatic heterocycles. The molecule has 0 bridgehead atoms. The summed E-state index contributed by atoms with van der Waals surface area (Å²) >= 11 is 0. The molecule has 2 heterocycles. The van der Waals surface area contributed by atoms with Crippen molar-refractivity contribution in [2.45, 2.75) is 13.1 Å². The summed E-state index contributed by atoms with van der Waals surface area (Å²) in [6.45, 7) is 2.61. The molecule has 0 spiro atoms. The zero-order chi connectivity index (χ0) is 20.2. The number of aromatic hydroxyl groups is 1. The fourth-order valence-corrected chi connectivity index (χ4v) is 3.61. The molecule has 0 aliphatic carbocycles. The molecule has 0 fully saturated rings. The minimum atomic E-state index is 0.158. The molecular weight excluding hydrogens is 368 g/mol. The minimum Gasteiger partial charge on any atom is -0.504 e. The summed E-state index contributed by atoms with van der Waals surface area (Å²) in [5.74, 6) is 2.27. The second-order valence-electron chi connectivity index (χ2n) is 6.96. The van der Waals surface area contributed by atoms with Gasteiger partial charge in [0.2, 0.25) is 0 Å². The monoisotopic (exact) mass is 392 g/mol. The van der Waals surface area contributed by atoms with Gasteiger partial charge in [-0.05, 0) is 29.8 Å². The van der Waals surface area contributed by atoms with Gasteiger partial charge in [-0.2, -0.15) is 0 Å². The van der Waals surface area contributed by atoms with Gasteiger partial charge in [0.05, 0.1) is 14.2 Å². The predicted octanol–water partition coefficient (Wildman–Crippen LogP) is 3.87. The van der Waals surface area contributed by atoms with Gasteiger partial charge in [0.15, 0.2) is 11.5 Å². The molecule has 0 saturated carbocycles. The van der Waals surface area contributed by atoms with E-state index in [2.05, 4.69) is 16.0 Å². The average Bonchev–Trinajstić information content (AvgIpc) is 2.96. The van der Waals surface area contributed by atoms with Crippen molar-refractivity contribution >= 4 is 0 Å². The molecule has 3 aromatic rings. The van der Waals surface area contributed by atoms with Crippen molar-refractivity contribution in [2.24, 2.45) is 0 Å². The van der Waals surface area contributed by atoms with Crippen molar-refractivity contribution in [1.82, 2.24) is 9.88 Å². The number of phenolic OH excluding ortho intramolecular Hbond substituents is 1. The number of rotatable bonds is 5. The van der Waals surface area contributed by atoms with E-state index in [0.717, 1.165) is 40.3 Å². The van der Waals surface area contributed by atoms with Crippen LogP contribution >= 0.6 is 0 Å². The molecule has 1 N–H and O–H groups in total. The minimum absolute atomic E-state index is 0.158. The first-order valence-electron chi connectivity index (χ1n) is 9.50. The number of hydrogen-bond acceptors (Lipinski definition) is 6. The van der Waals surface area contributed by atoms with Gasteiger partial charge in [-0.15, -0.1) is 0 Å². The smallest absolute Gasteiger partial charge is 0.165 e. The maximum atomic E-state index is 10.5. The highest BCUT2D eigenvalue weighted by molar-refractivity contribution is 5.68. The van der Waals surface area contributed by atoms with E-state index in [1.165, 1.54) is 0 Å². The van der Waals surface area contributed by atoms with Crippen molar-refractivity contribution in [3.63, 3.8) is 0 Å². The fourth-order valence-electron chi connectivity index (χ4n) is 3.61. The second-order valence-corrected chi connectivity index (χ2v) is 6.96. The van der Waals surface area contributed by atoms with Crippen molar-refractivity contribution in [3.05, 3.63) is 66.0 Å². The summed E-state index contributed by atoms with van der Waals surface area (Å²) in [5.41, 5.74) is 3.90. The van der Waals surface area contributed by atoms with Crippen LogP contribution in [0.2, 0.25) is 0 Å². The van der Waals surface area contributed by atoms with E-state index < -0.39 is 0 Å². The molecule has 0 amide bonds. The Morgan fingerprint density at radius 1 is 1.10 bits per heavy atom. The molecule has 4 rings (SSSR count). The molecule has 0 unspecified atom stereocenters. The summed E-state index contributed by atoms with van der Waals surface area (Å²) < 4.78 is 16.7. The van der Waals surface area contributed by atoms with E-state index in [0.29, 0.717) is 25.4 Å². The second kappa shape index (κ2) is 8.41. The Kier molecular flexibility index (Phi) is 5.53. The molecule has 0 radical (unpaired) electrons. The molecule has 1 aliphatic rings. The quantitative estimate of drug-likeness (QED) is 0.711. The first-order valence-corrected chi connectivity index (χ1v) is 9.50. The predicted molar refractivity (Wildman–Crippen MR) is 110 cm³/mol. The van der Waals surface area contributed by atoms with Crippen molar-refractivity contribution in [2.75, 3.05) is 27.4 Å². The molecule has 150 valence electrons. The van der Waals surface area contributed by atoms with Crippen molar-refractivity contribution in [3.8, 4) is 34.1 Å². The number of pyridine rings is 1. The van der Waals surface area contributed by atoms with Gasteiger partial charge in [-0.1, -0.05) is 12.1 Å². The Bertz CT molecular complexity index is 992. The molecular formula is C23H24N2O4. The fraction of sp³-hybridized carbons (Fsp3) is 0.261. The summed E-state index contributed by atoms with van der Waals surface area (Å²) in [4.78, 5) is 6.46. The Morgan fingerprint density at radius 2 is 2.00 bits per heavy atom. The average molecular weight is 392 g/mol. The standard InChI is InChI=1S/C23H24N2O4/c1-27-20-6-5-17(22(12-20)28-2)14-25-8-9-29-23-19(15-25)10-18(11-21(23)26)16-4-3-7-24-13-16/h3-7,10-13,26H,8-9,14-15H2,1-2H3. The topological polar surface area (TPSA) is 64.1 Å². The maximum absolute atomic E-state index is 10.5. The third-order valence-electron chi connectivity index (χ3n) is 5.08. The van der Waals surface area contributed by atoms with Crippen LogP contribution in [-0.2, 0) is 13.1 Å². The summed E-state index contributed by atoms with van der Waals surface area (Å²) in [6.07, 6.45) is 3.53. The van der Waals surface area contributed by atoms with Crippen LogP contribution in [0.25, 0.3) is 11.1 Å². The van der Waals surface area contributed by atoms with Gasteiger partial charge in [0.1, 0.15) is 18.1 Å². The Balaban J connectivity index is 1.62. The first kappa shape index (κ1) is 19.1. The van der Waals surface area contributed by atoms with Crippen molar-refractivity contribution in [1.29, 1.82) is 0 Å². The largest absolute Gasteiger partial charge is 0.504 e. The van der Waals surface area contributed by atoms with Crippen LogP contribution in [0.1, 0.15) is 11.1 Å². The molecule has 6 nitrogen and oxygen atoms in total. The zero-order valence-electron chi connectivity index (χ0n) is 16.6. The number of methoxy groups -OCH3 is 2. The molecule has 0 saturated heterocycles. The van der Waals surface area contributed by atoms with Crippen molar-refractivity contribution < 1.29 is 19.3 Å². The molecule has 29 heavy (non-hydrogen) atoms. The number of aromatic nitrogens is 1. The Labute approximate surface area is 170 Å². The van der Waals surface area contributed by atoms with Gasteiger partial charge in [0, 0.05) is 54.8 Å². The maximum Gasteiger partial charge on any atom is 0.165 e. The van der Waals surface area contributed by atoms with E-state index in [4.69, 9.17) is 14.2 Å². The van der Waals surface area contributed by atoms with Crippen LogP contribution < -0.4 is 14.2 Å². The van der Waals surface area contributed by atoms with Crippen LogP contribution in [0.5, 0.6) is 23.0 Å². The number of nitrogens with zero attached hydrogens (tertiary/aromatic N) is 2. The summed E-state index contributed by atoms with van der Waals surface area (Å²) in [5, 5.41) is 10.5. The van der Waals surface area contributed by atoms with Gasteiger partial charge < -0.3 is 19.3 Å². The van der Waals surface area contributed by atoms with Gasteiger partial charge in [-0.3, -0.25) is 9.88 Å². The molecule has 0 atom stereocenters. The van der Waals surface area contributed by atoms with E-state index in [9.17, 15) is 5.11 Å². The lowest BCUT2D eigenvalue weighted by atomic mass is 10.0. The highest BCUT2D eigenvalue weighted by Crippen LogP contribution is 2.38. The molecule has 6 heteroatoms. The highest BCUT2D eigenvalue weighted by Gasteiger charge is 2.21. The lowest BCUT2D eigenvalue weighted by molar-refractivity contribution is 0.215. The van der Waals surface area contributed by atoms with E-state index >= 15 is 0 Å². The van der Waals surface area contributed by atoms with Crippen LogP contribution in [0.15, 0.2) is 54.9 Å². The zero-order valence-corrected chi connectivity index (χ0v) is 16.6.